The maximum atomic E-state index is 5.67. The summed E-state index contributed by atoms with van der Waals surface area (Å²) >= 11 is 0. The Morgan fingerprint density at radius 1 is 1.12 bits per heavy atom. The highest BCUT2D eigenvalue weighted by atomic mass is 127. The van der Waals surface area contributed by atoms with Crippen LogP contribution < -0.4 is 10.6 Å². The smallest absolute Gasteiger partial charge is 0.191 e. The molecule has 1 aliphatic heterocycles. The summed E-state index contributed by atoms with van der Waals surface area (Å²) in [5.41, 5.74) is 1.33. The van der Waals surface area contributed by atoms with E-state index in [4.69, 9.17) is 4.42 Å². The molecular weight excluding hydrogens is 439 g/mol. The van der Waals surface area contributed by atoms with Gasteiger partial charge in [0.2, 0.25) is 0 Å². The van der Waals surface area contributed by atoms with Gasteiger partial charge in [-0.15, -0.1) is 24.0 Å². The molecule has 5 nitrogen and oxygen atoms in total. The maximum absolute atomic E-state index is 5.67. The van der Waals surface area contributed by atoms with Gasteiger partial charge in [0, 0.05) is 20.1 Å². The lowest BCUT2D eigenvalue weighted by Crippen LogP contribution is -2.43. The minimum absolute atomic E-state index is 0. The van der Waals surface area contributed by atoms with Crippen molar-refractivity contribution in [1.82, 2.24) is 15.5 Å². The molecule has 1 fully saturated rings. The summed E-state index contributed by atoms with van der Waals surface area (Å²) in [7, 11) is 1.82. The van der Waals surface area contributed by atoms with Gasteiger partial charge in [0.05, 0.1) is 12.3 Å². The monoisotopic (exact) mass is 468 g/mol. The predicted octanol–water partition coefficient (Wildman–Crippen LogP) is 3.44. The highest BCUT2D eigenvalue weighted by molar-refractivity contribution is 14.0. The minimum Gasteiger partial charge on any atom is -0.468 e. The zero-order chi connectivity index (χ0) is 17.3. The van der Waals surface area contributed by atoms with Gasteiger partial charge in [-0.25, -0.2) is 0 Å². The van der Waals surface area contributed by atoms with Crippen molar-refractivity contribution in [3.8, 4) is 0 Å². The van der Waals surface area contributed by atoms with Crippen molar-refractivity contribution in [2.24, 2.45) is 4.99 Å². The molecule has 3 rings (SSSR count). The maximum Gasteiger partial charge on any atom is 0.191 e. The standard InChI is InChI=1S/C20H28N4O.HI/c1-21-20(22-12-11-17-8-3-2-4-9-17)23-16-18(19-10-7-15-25-19)24-13-5-6-14-24;/h2-4,7-10,15,18H,5-6,11-14,16H2,1H3,(H2,21,22,23);1H. The van der Waals surface area contributed by atoms with Crippen LogP contribution in [0, 0.1) is 0 Å². The third-order valence-electron chi connectivity index (χ3n) is 4.69. The van der Waals surface area contributed by atoms with Crippen molar-refractivity contribution < 1.29 is 4.42 Å². The molecule has 1 aromatic heterocycles. The first-order valence-corrected chi connectivity index (χ1v) is 9.12. The Balaban J connectivity index is 0.00000243. The van der Waals surface area contributed by atoms with Crippen LogP contribution in [0.1, 0.15) is 30.2 Å². The quantitative estimate of drug-likeness (QED) is 0.372. The molecule has 1 aromatic carbocycles. The number of furan rings is 1. The molecule has 0 amide bonds. The molecule has 2 heterocycles. The molecule has 0 spiro atoms. The van der Waals surface area contributed by atoms with E-state index in [0.717, 1.165) is 44.3 Å². The van der Waals surface area contributed by atoms with E-state index in [1.54, 1.807) is 6.26 Å². The Bertz CT molecular complexity index is 639. The van der Waals surface area contributed by atoms with Gasteiger partial charge in [-0.1, -0.05) is 30.3 Å². The van der Waals surface area contributed by atoms with Gasteiger partial charge in [-0.2, -0.15) is 0 Å². The van der Waals surface area contributed by atoms with Crippen LogP contribution in [0.15, 0.2) is 58.1 Å². The number of likely N-dealkylation sites (tertiary alicyclic amines) is 1. The summed E-state index contributed by atoms with van der Waals surface area (Å²) in [4.78, 5) is 6.83. The van der Waals surface area contributed by atoms with Crippen LogP contribution in [-0.4, -0.2) is 44.1 Å². The van der Waals surface area contributed by atoms with Crippen molar-refractivity contribution >= 4 is 29.9 Å². The number of aliphatic imine (C=N–C) groups is 1. The van der Waals surface area contributed by atoms with Crippen LogP contribution >= 0.6 is 24.0 Å². The van der Waals surface area contributed by atoms with Crippen LogP contribution in [0.2, 0.25) is 0 Å². The number of benzene rings is 1. The van der Waals surface area contributed by atoms with E-state index in [1.165, 1.54) is 18.4 Å². The average molecular weight is 468 g/mol. The molecule has 0 saturated carbocycles. The first kappa shape index (κ1) is 20.8. The lowest BCUT2D eigenvalue weighted by Gasteiger charge is -2.26. The molecule has 142 valence electrons. The SMILES string of the molecule is CN=C(NCCc1ccccc1)NCC(c1ccco1)N1CCCC1.I. The van der Waals surface area contributed by atoms with E-state index in [-0.39, 0.29) is 30.0 Å². The third kappa shape index (κ3) is 6.02. The summed E-state index contributed by atoms with van der Waals surface area (Å²) in [6.07, 6.45) is 5.27. The molecule has 0 radical (unpaired) electrons. The topological polar surface area (TPSA) is 52.8 Å². The number of nitrogens with one attached hydrogen (secondary N) is 2. The molecule has 2 N–H and O–H groups in total. The van der Waals surface area contributed by atoms with Crippen molar-refractivity contribution in [3.63, 3.8) is 0 Å². The van der Waals surface area contributed by atoms with Gasteiger partial charge in [0.1, 0.15) is 5.76 Å². The largest absolute Gasteiger partial charge is 0.468 e. The van der Waals surface area contributed by atoms with E-state index in [0.29, 0.717) is 0 Å². The third-order valence-corrected chi connectivity index (χ3v) is 4.69. The van der Waals surface area contributed by atoms with Crippen LogP contribution in [-0.2, 0) is 6.42 Å². The second-order valence-electron chi connectivity index (χ2n) is 6.39. The molecule has 0 aliphatic carbocycles. The molecule has 1 saturated heterocycles. The van der Waals surface area contributed by atoms with Crippen molar-refractivity contribution in [1.29, 1.82) is 0 Å². The van der Waals surface area contributed by atoms with Gasteiger partial charge in [-0.3, -0.25) is 9.89 Å². The number of hydrogen-bond donors (Lipinski definition) is 2. The van der Waals surface area contributed by atoms with Crippen LogP contribution in [0.5, 0.6) is 0 Å². The molecule has 0 bridgehead atoms. The second kappa shape index (κ2) is 11.2. The zero-order valence-electron chi connectivity index (χ0n) is 15.4. The summed E-state index contributed by atoms with van der Waals surface area (Å²) in [5.74, 6) is 1.86. The first-order valence-electron chi connectivity index (χ1n) is 9.12. The fourth-order valence-electron chi connectivity index (χ4n) is 3.33. The van der Waals surface area contributed by atoms with E-state index in [2.05, 4.69) is 50.9 Å². The molecule has 6 heteroatoms. The molecule has 1 unspecified atom stereocenters. The van der Waals surface area contributed by atoms with E-state index in [1.807, 2.05) is 19.2 Å². The van der Waals surface area contributed by atoms with Gasteiger partial charge in [0.15, 0.2) is 5.96 Å². The number of nitrogens with zero attached hydrogens (tertiary/aromatic N) is 2. The Morgan fingerprint density at radius 2 is 1.88 bits per heavy atom. The van der Waals surface area contributed by atoms with Crippen LogP contribution in [0.3, 0.4) is 0 Å². The van der Waals surface area contributed by atoms with E-state index < -0.39 is 0 Å². The van der Waals surface area contributed by atoms with Gasteiger partial charge < -0.3 is 15.1 Å². The van der Waals surface area contributed by atoms with Crippen molar-refractivity contribution in [3.05, 3.63) is 60.1 Å². The molecule has 26 heavy (non-hydrogen) atoms. The number of halogens is 1. The second-order valence-corrected chi connectivity index (χ2v) is 6.39. The minimum atomic E-state index is 0. The molecule has 1 atom stereocenters. The lowest BCUT2D eigenvalue weighted by molar-refractivity contribution is 0.215. The molecule has 1 aliphatic rings. The van der Waals surface area contributed by atoms with Gasteiger partial charge in [-0.05, 0) is 50.0 Å². The Hall–Kier alpha value is -1.54. The van der Waals surface area contributed by atoms with Crippen molar-refractivity contribution in [2.45, 2.75) is 25.3 Å². The number of hydrogen-bond acceptors (Lipinski definition) is 3. The van der Waals surface area contributed by atoms with Gasteiger partial charge >= 0.3 is 0 Å². The Kier molecular flexibility index (Phi) is 8.97. The fraction of sp³-hybridized carbons (Fsp3) is 0.450. The predicted molar refractivity (Wildman–Crippen MR) is 117 cm³/mol. The normalized spacial score (nSPS) is 16.1. The van der Waals surface area contributed by atoms with Crippen LogP contribution in [0.4, 0.5) is 0 Å². The number of guanidine groups is 1. The summed E-state index contributed by atoms with van der Waals surface area (Å²) in [5, 5.41) is 6.86. The highest BCUT2D eigenvalue weighted by Crippen LogP contribution is 2.24. The van der Waals surface area contributed by atoms with E-state index in [9.17, 15) is 0 Å². The Labute approximate surface area is 173 Å². The summed E-state index contributed by atoms with van der Waals surface area (Å²) in [6.45, 7) is 3.91. The highest BCUT2D eigenvalue weighted by Gasteiger charge is 2.25. The average Bonchev–Trinajstić information content (AvgIpc) is 3.36. The van der Waals surface area contributed by atoms with Crippen molar-refractivity contribution in [2.75, 3.05) is 33.2 Å². The first-order chi connectivity index (χ1) is 12.4. The fourth-order valence-corrected chi connectivity index (χ4v) is 3.33. The summed E-state index contributed by atoms with van der Waals surface area (Å²) in [6, 6.07) is 14.8. The lowest BCUT2D eigenvalue weighted by atomic mass is 10.1. The van der Waals surface area contributed by atoms with E-state index >= 15 is 0 Å². The number of rotatable bonds is 7. The summed E-state index contributed by atoms with van der Waals surface area (Å²) < 4.78 is 5.67. The molecular formula is C20H29IN4O. The van der Waals surface area contributed by atoms with Gasteiger partial charge in [0.25, 0.3) is 0 Å². The zero-order valence-corrected chi connectivity index (χ0v) is 17.7. The molecule has 2 aromatic rings. The van der Waals surface area contributed by atoms with Crippen LogP contribution in [0.25, 0.3) is 0 Å². The Morgan fingerprint density at radius 3 is 2.54 bits per heavy atom.